The van der Waals surface area contributed by atoms with Gasteiger partial charge in [0, 0.05) is 5.54 Å². The predicted octanol–water partition coefficient (Wildman–Crippen LogP) is 1.38. The van der Waals surface area contributed by atoms with E-state index >= 15 is 0 Å². The molecule has 5 fully saturated rings. The van der Waals surface area contributed by atoms with E-state index < -0.39 is 0 Å². The fourth-order valence-electron chi connectivity index (χ4n) is 4.99. The minimum Gasteiger partial charge on any atom is -0.325 e. The second kappa shape index (κ2) is 1.28. The summed E-state index contributed by atoms with van der Waals surface area (Å²) in [6, 6.07) is 0. The third-order valence-electron chi connectivity index (χ3n) is 4.99. The van der Waals surface area contributed by atoms with Gasteiger partial charge in [0.05, 0.1) is 0 Å². The SMILES string of the molecule is NC12CC3CC(C1)C1C(C3)C12. The van der Waals surface area contributed by atoms with Crippen molar-refractivity contribution < 1.29 is 0 Å². The molecule has 11 heavy (non-hydrogen) atoms. The summed E-state index contributed by atoms with van der Waals surface area (Å²) in [6.45, 7) is 0. The summed E-state index contributed by atoms with van der Waals surface area (Å²) in [5.74, 6) is 5.32. The summed E-state index contributed by atoms with van der Waals surface area (Å²) in [5.41, 5.74) is 6.75. The maximum absolute atomic E-state index is 6.41. The minimum atomic E-state index is 0.348. The largest absolute Gasteiger partial charge is 0.325 e. The van der Waals surface area contributed by atoms with Gasteiger partial charge < -0.3 is 5.73 Å². The lowest BCUT2D eigenvalue weighted by Gasteiger charge is -2.44. The summed E-state index contributed by atoms with van der Waals surface area (Å²) in [7, 11) is 0. The molecule has 1 heteroatoms. The predicted molar refractivity (Wildman–Crippen MR) is 42.8 cm³/mol. The first kappa shape index (κ1) is 5.58. The molecule has 0 aromatic carbocycles. The molecule has 0 aliphatic heterocycles. The molecule has 5 aliphatic rings. The molecule has 5 rings (SSSR count). The van der Waals surface area contributed by atoms with Crippen molar-refractivity contribution in [2.75, 3.05) is 0 Å². The summed E-state index contributed by atoms with van der Waals surface area (Å²) >= 11 is 0. The van der Waals surface area contributed by atoms with Gasteiger partial charge in [-0.25, -0.2) is 0 Å². The Kier molecular flexibility index (Phi) is 0.651. The quantitative estimate of drug-likeness (QED) is 0.553. The number of hydrogen-bond acceptors (Lipinski definition) is 1. The standard InChI is InChI=1S/C10H15N/c11-10-3-5-1-6(4-10)8-7(2-5)9(8)10/h5-9H,1-4,11H2. The average molecular weight is 149 g/mol. The first-order chi connectivity index (χ1) is 5.28. The summed E-state index contributed by atoms with van der Waals surface area (Å²) < 4.78 is 0. The second-order valence-electron chi connectivity index (χ2n) is 5.51. The Morgan fingerprint density at radius 3 is 2.82 bits per heavy atom. The van der Waals surface area contributed by atoms with E-state index in [-0.39, 0.29) is 0 Å². The van der Waals surface area contributed by atoms with Gasteiger partial charge in [0.25, 0.3) is 0 Å². The Morgan fingerprint density at radius 1 is 1.18 bits per heavy atom. The van der Waals surface area contributed by atoms with Crippen LogP contribution in [0.2, 0.25) is 0 Å². The van der Waals surface area contributed by atoms with Crippen LogP contribution in [-0.2, 0) is 0 Å². The summed E-state index contributed by atoms with van der Waals surface area (Å²) in [6.07, 6.45) is 5.85. The second-order valence-corrected chi connectivity index (χ2v) is 5.51. The number of rotatable bonds is 0. The third-order valence-corrected chi connectivity index (χ3v) is 4.99. The van der Waals surface area contributed by atoms with Crippen LogP contribution in [0.25, 0.3) is 0 Å². The van der Waals surface area contributed by atoms with Crippen molar-refractivity contribution in [3.8, 4) is 0 Å². The molecule has 60 valence electrons. The van der Waals surface area contributed by atoms with Gasteiger partial charge in [0.1, 0.15) is 0 Å². The first-order valence-corrected chi connectivity index (χ1v) is 5.07. The van der Waals surface area contributed by atoms with Crippen LogP contribution < -0.4 is 5.73 Å². The van der Waals surface area contributed by atoms with Crippen LogP contribution in [0.15, 0.2) is 0 Å². The van der Waals surface area contributed by atoms with E-state index in [9.17, 15) is 0 Å². The Morgan fingerprint density at radius 2 is 2.09 bits per heavy atom. The highest BCUT2D eigenvalue weighted by Crippen LogP contribution is 2.75. The van der Waals surface area contributed by atoms with Crippen molar-refractivity contribution in [2.24, 2.45) is 35.3 Å². The van der Waals surface area contributed by atoms with Gasteiger partial charge in [-0.3, -0.25) is 0 Å². The van der Waals surface area contributed by atoms with Crippen LogP contribution in [0.1, 0.15) is 25.7 Å². The molecule has 0 aromatic rings. The molecule has 0 radical (unpaired) electrons. The molecule has 1 nitrogen and oxygen atoms in total. The van der Waals surface area contributed by atoms with E-state index in [0.29, 0.717) is 5.54 Å². The molecule has 6 unspecified atom stereocenters. The molecule has 4 bridgehead atoms. The topological polar surface area (TPSA) is 26.0 Å². The van der Waals surface area contributed by atoms with E-state index in [2.05, 4.69) is 0 Å². The zero-order valence-electron chi connectivity index (χ0n) is 6.79. The maximum atomic E-state index is 6.41. The van der Waals surface area contributed by atoms with Crippen LogP contribution in [0.5, 0.6) is 0 Å². The first-order valence-electron chi connectivity index (χ1n) is 5.07. The highest BCUT2D eigenvalue weighted by atomic mass is 14.9. The fraction of sp³-hybridized carbons (Fsp3) is 1.00. The zero-order chi connectivity index (χ0) is 7.22. The number of hydrogen-bond donors (Lipinski definition) is 1. The molecule has 0 amide bonds. The molecule has 0 heterocycles. The molecule has 5 aliphatic carbocycles. The Hall–Kier alpha value is -0.0400. The normalized spacial score (nSPS) is 75.5. The van der Waals surface area contributed by atoms with Crippen LogP contribution in [0.4, 0.5) is 0 Å². The smallest absolute Gasteiger partial charge is 0.0193 e. The monoisotopic (exact) mass is 149 g/mol. The van der Waals surface area contributed by atoms with Gasteiger partial charge in [0.15, 0.2) is 0 Å². The van der Waals surface area contributed by atoms with Gasteiger partial charge in [0.2, 0.25) is 0 Å². The lowest BCUT2D eigenvalue weighted by Crippen LogP contribution is -2.49. The molecular weight excluding hydrogens is 134 g/mol. The van der Waals surface area contributed by atoms with E-state index in [1.165, 1.54) is 19.3 Å². The molecule has 0 saturated heterocycles. The molecule has 5 saturated carbocycles. The molecule has 0 spiro atoms. The van der Waals surface area contributed by atoms with Crippen molar-refractivity contribution in [3.63, 3.8) is 0 Å². The minimum absolute atomic E-state index is 0.348. The van der Waals surface area contributed by atoms with Gasteiger partial charge in [-0.2, -0.15) is 0 Å². The number of nitrogens with two attached hydrogens (primary N) is 1. The zero-order valence-corrected chi connectivity index (χ0v) is 6.79. The third kappa shape index (κ3) is 0.438. The highest BCUT2D eigenvalue weighted by molar-refractivity contribution is 5.25. The van der Waals surface area contributed by atoms with Gasteiger partial charge in [-0.05, 0) is 55.3 Å². The van der Waals surface area contributed by atoms with Gasteiger partial charge in [-0.1, -0.05) is 0 Å². The highest BCUT2D eigenvalue weighted by Gasteiger charge is 2.73. The van der Waals surface area contributed by atoms with Crippen molar-refractivity contribution >= 4 is 0 Å². The summed E-state index contributed by atoms with van der Waals surface area (Å²) in [5, 5.41) is 0. The average Bonchev–Trinajstić information content (AvgIpc) is 2.55. The van der Waals surface area contributed by atoms with Crippen molar-refractivity contribution in [1.29, 1.82) is 0 Å². The molecule has 6 atom stereocenters. The Balaban J connectivity index is 1.90. The lowest BCUT2D eigenvalue weighted by molar-refractivity contribution is 0.105. The molecular formula is C10H15N. The Bertz CT molecular complexity index is 237. The van der Waals surface area contributed by atoms with Gasteiger partial charge in [-0.15, -0.1) is 0 Å². The van der Waals surface area contributed by atoms with Gasteiger partial charge >= 0.3 is 0 Å². The fourth-order valence-corrected chi connectivity index (χ4v) is 4.99. The van der Waals surface area contributed by atoms with E-state index in [4.69, 9.17) is 5.73 Å². The van der Waals surface area contributed by atoms with Crippen molar-refractivity contribution in [2.45, 2.75) is 31.2 Å². The van der Waals surface area contributed by atoms with E-state index in [1.54, 1.807) is 6.42 Å². The summed E-state index contributed by atoms with van der Waals surface area (Å²) in [4.78, 5) is 0. The lowest BCUT2D eigenvalue weighted by atomic mass is 9.64. The van der Waals surface area contributed by atoms with Crippen LogP contribution >= 0.6 is 0 Å². The van der Waals surface area contributed by atoms with E-state index in [0.717, 1.165) is 29.6 Å². The molecule has 0 aromatic heterocycles. The van der Waals surface area contributed by atoms with Crippen molar-refractivity contribution in [3.05, 3.63) is 0 Å². The Labute approximate surface area is 67.3 Å². The molecule has 2 N–H and O–H groups in total. The maximum Gasteiger partial charge on any atom is 0.0193 e. The van der Waals surface area contributed by atoms with Crippen LogP contribution in [0, 0.1) is 29.6 Å². The van der Waals surface area contributed by atoms with E-state index in [1.807, 2.05) is 0 Å². The van der Waals surface area contributed by atoms with Crippen LogP contribution in [-0.4, -0.2) is 5.54 Å². The van der Waals surface area contributed by atoms with Crippen LogP contribution in [0.3, 0.4) is 0 Å². The van der Waals surface area contributed by atoms with Crippen molar-refractivity contribution in [1.82, 2.24) is 0 Å².